The Bertz CT molecular complexity index is 1280. The zero-order chi connectivity index (χ0) is 24.4. The third kappa shape index (κ3) is 4.52. The number of carbonyl (C=O) groups is 2. The Balaban J connectivity index is 1.54. The van der Waals surface area contributed by atoms with Crippen molar-refractivity contribution in [2.45, 2.75) is 26.0 Å². The van der Waals surface area contributed by atoms with E-state index in [4.69, 9.17) is 9.47 Å². The van der Waals surface area contributed by atoms with Gasteiger partial charge in [0.05, 0.1) is 24.5 Å². The summed E-state index contributed by atoms with van der Waals surface area (Å²) in [5.74, 6) is -0.994. The van der Waals surface area contributed by atoms with Crippen LogP contribution in [0.15, 0.2) is 90.1 Å². The van der Waals surface area contributed by atoms with Crippen molar-refractivity contribution in [3.8, 4) is 5.75 Å². The number of ketones is 1. The van der Waals surface area contributed by atoms with Gasteiger partial charge in [0.15, 0.2) is 5.78 Å². The average Bonchev–Trinajstić information content (AvgIpc) is 3.05. The van der Waals surface area contributed by atoms with Gasteiger partial charge in [-0.2, -0.15) is 0 Å². The van der Waals surface area contributed by atoms with Crippen molar-refractivity contribution in [1.82, 2.24) is 0 Å². The van der Waals surface area contributed by atoms with E-state index in [1.54, 1.807) is 0 Å². The maximum Gasteiger partial charge on any atom is 0.316 e. The van der Waals surface area contributed by atoms with Crippen LogP contribution in [0.3, 0.4) is 0 Å². The highest BCUT2D eigenvalue weighted by molar-refractivity contribution is 6.11. The molecule has 178 valence electrons. The van der Waals surface area contributed by atoms with E-state index in [2.05, 4.69) is 10.6 Å². The van der Waals surface area contributed by atoms with Crippen LogP contribution in [-0.4, -0.2) is 18.9 Å². The molecule has 3 aromatic carbocycles. The molecule has 0 bridgehead atoms. The number of esters is 1. The monoisotopic (exact) mass is 468 g/mol. The zero-order valence-electron chi connectivity index (χ0n) is 19.8. The van der Waals surface area contributed by atoms with E-state index in [9.17, 15) is 9.59 Å². The van der Waals surface area contributed by atoms with Crippen molar-refractivity contribution >= 4 is 23.1 Å². The van der Waals surface area contributed by atoms with E-state index in [0.29, 0.717) is 24.4 Å². The van der Waals surface area contributed by atoms with Gasteiger partial charge in [-0.1, -0.05) is 61.5 Å². The SMILES string of the molecule is COC(=O)[C@H]1C(=O)C2=C(C[C@@H]1C)Nc1ccccc1N[C@H]2c1cccc(OCc2ccccc2)c1. The summed E-state index contributed by atoms with van der Waals surface area (Å²) in [6.45, 7) is 2.36. The molecule has 3 atom stereocenters. The van der Waals surface area contributed by atoms with Gasteiger partial charge in [-0.3, -0.25) is 9.59 Å². The normalized spacial score (nSPS) is 21.1. The molecule has 6 heteroatoms. The van der Waals surface area contributed by atoms with Crippen molar-refractivity contribution in [1.29, 1.82) is 0 Å². The first kappa shape index (κ1) is 22.7. The highest BCUT2D eigenvalue weighted by Crippen LogP contribution is 2.44. The van der Waals surface area contributed by atoms with Crippen LogP contribution in [-0.2, 0) is 20.9 Å². The second-order valence-electron chi connectivity index (χ2n) is 9.03. The van der Waals surface area contributed by atoms with Gasteiger partial charge in [0, 0.05) is 11.3 Å². The van der Waals surface area contributed by atoms with Crippen molar-refractivity contribution in [3.63, 3.8) is 0 Å². The fourth-order valence-electron chi connectivity index (χ4n) is 4.91. The van der Waals surface area contributed by atoms with E-state index < -0.39 is 17.9 Å². The van der Waals surface area contributed by atoms with Gasteiger partial charge in [0.25, 0.3) is 0 Å². The largest absolute Gasteiger partial charge is 0.489 e. The first-order chi connectivity index (χ1) is 17.0. The number of hydrogen-bond acceptors (Lipinski definition) is 6. The van der Waals surface area contributed by atoms with E-state index in [1.165, 1.54) is 7.11 Å². The molecule has 1 heterocycles. The summed E-state index contributed by atoms with van der Waals surface area (Å²) in [5, 5.41) is 7.02. The standard InChI is InChI=1S/C29H28N2O4/c1-18-15-24-26(28(32)25(18)29(33)34-2)27(31-23-14-7-6-13-22(23)30-24)20-11-8-12-21(16-20)35-17-19-9-4-3-5-10-19/h3-14,16,18,25,27,30-31H,15,17H2,1-2H3/t18-,25+,27-/m0/s1. The first-order valence-electron chi connectivity index (χ1n) is 11.8. The number of carbonyl (C=O) groups excluding carboxylic acids is 2. The second-order valence-corrected chi connectivity index (χ2v) is 9.03. The molecule has 0 fully saturated rings. The molecule has 0 unspecified atom stereocenters. The number of rotatable bonds is 5. The number of nitrogens with one attached hydrogen (secondary N) is 2. The van der Waals surface area contributed by atoms with Gasteiger partial charge in [-0.15, -0.1) is 0 Å². The van der Waals surface area contributed by atoms with Crippen LogP contribution in [0.5, 0.6) is 5.75 Å². The van der Waals surface area contributed by atoms with E-state index in [1.807, 2.05) is 85.8 Å². The molecule has 2 aliphatic rings. The van der Waals surface area contributed by atoms with Crippen LogP contribution in [0.4, 0.5) is 11.4 Å². The molecule has 5 rings (SSSR count). The molecule has 1 aliphatic carbocycles. The molecule has 1 aliphatic heterocycles. The quantitative estimate of drug-likeness (QED) is 0.381. The van der Waals surface area contributed by atoms with Gasteiger partial charge in [0.2, 0.25) is 0 Å². The number of hydrogen-bond donors (Lipinski definition) is 2. The third-order valence-electron chi connectivity index (χ3n) is 6.66. The van der Waals surface area contributed by atoms with Gasteiger partial charge >= 0.3 is 5.97 Å². The zero-order valence-corrected chi connectivity index (χ0v) is 19.8. The molecule has 0 saturated carbocycles. The fraction of sp³-hybridized carbons (Fsp3) is 0.241. The molecular weight excluding hydrogens is 440 g/mol. The van der Waals surface area contributed by atoms with Gasteiger partial charge in [-0.05, 0) is 47.7 Å². The van der Waals surface area contributed by atoms with E-state index in [-0.39, 0.29) is 11.7 Å². The summed E-state index contributed by atoms with van der Waals surface area (Å²) in [4.78, 5) is 26.3. The summed E-state index contributed by atoms with van der Waals surface area (Å²) in [6, 6.07) is 25.2. The van der Waals surface area contributed by atoms with Crippen LogP contribution < -0.4 is 15.4 Å². The Hall–Kier alpha value is -4.06. The lowest BCUT2D eigenvalue weighted by molar-refractivity contribution is -0.151. The van der Waals surface area contributed by atoms with Crippen molar-refractivity contribution in [2.75, 3.05) is 17.7 Å². The highest BCUT2D eigenvalue weighted by Gasteiger charge is 2.44. The summed E-state index contributed by atoms with van der Waals surface area (Å²) < 4.78 is 11.1. The molecule has 0 aromatic heterocycles. The highest BCUT2D eigenvalue weighted by atomic mass is 16.5. The molecule has 0 radical (unpaired) electrons. The van der Waals surface area contributed by atoms with Crippen LogP contribution in [0.1, 0.15) is 30.5 Å². The molecule has 35 heavy (non-hydrogen) atoms. The molecule has 0 saturated heterocycles. The topological polar surface area (TPSA) is 76.7 Å². The minimum atomic E-state index is -0.830. The molecular formula is C29H28N2O4. The molecule has 2 N–H and O–H groups in total. The number of para-hydroxylation sites is 2. The van der Waals surface area contributed by atoms with Gasteiger partial charge in [-0.25, -0.2) is 0 Å². The number of fused-ring (bicyclic) bond motifs is 1. The van der Waals surface area contributed by atoms with Crippen LogP contribution in [0.25, 0.3) is 0 Å². The summed E-state index contributed by atoms with van der Waals surface area (Å²) in [5.41, 5.74) is 5.14. The molecule has 6 nitrogen and oxygen atoms in total. The minimum Gasteiger partial charge on any atom is -0.489 e. The maximum absolute atomic E-state index is 13.8. The van der Waals surface area contributed by atoms with Gasteiger partial charge in [0.1, 0.15) is 18.3 Å². The Morgan fingerprint density at radius 3 is 2.49 bits per heavy atom. The smallest absolute Gasteiger partial charge is 0.316 e. The lowest BCUT2D eigenvalue weighted by Crippen LogP contribution is -2.39. The van der Waals surface area contributed by atoms with Crippen LogP contribution >= 0.6 is 0 Å². The summed E-state index contributed by atoms with van der Waals surface area (Å²) in [6.07, 6.45) is 0.567. The Kier molecular flexibility index (Phi) is 6.27. The minimum absolute atomic E-state index is 0.173. The van der Waals surface area contributed by atoms with E-state index in [0.717, 1.165) is 28.2 Å². The number of methoxy groups -OCH3 is 1. The fourth-order valence-corrected chi connectivity index (χ4v) is 4.91. The molecule has 3 aromatic rings. The second kappa shape index (κ2) is 9.66. The summed E-state index contributed by atoms with van der Waals surface area (Å²) in [7, 11) is 1.33. The van der Waals surface area contributed by atoms with Crippen molar-refractivity contribution < 1.29 is 19.1 Å². The lowest BCUT2D eigenvalue weighted by Gasteiger charge is -2.32. The first-order valence-corrected chi connectivity index (χ1v) is 11.8. The lowest BCUT2D eigenvalue weighted by atomic mass is 9.75. The van der Waals surface area contributed by atoms with E-state index >= 15 is 0 Å². The Labute approximate surface area is 205 Å². The summed E-state index contributed by atoms with van der Waals surface area (Å²) >= 11 is 0. The Morgan fingerprint density at radius 2 is 1.71 bits per heavy atom. The van der Waals surface area contributed by atoms with Crippen LogP contribution in [0.2, 0.25) is 0 Å². The number of Topliss-reactive ketones (excluding diaryl/α,β-unsaturated/α-hetero) is 1. The third-order valence-corrected chi connectivity index (χ3v) is 6.66. The maximum atomic E-state index is 13.8. The average molecular weight is 469 g/mol. The van der Waals surface area contributed by atoms with Gasteiger partial charge < -0.3 is 20.1 Å². The number of allylic oxidation sites excluding steroid dienone is 1. The van der Waals surface area contributed by atoms with Crippen molar-refractivity contribution in [3.05, 3.63) is 101 Å². The molecule has 0 spiro atoms. The Morgan fingerprint density at radius 1 is 0.971 bits per heavy atom. The van der Waals surface area contributed by atoms with Crippen molar-refractivity contribution in [2.24, 2.45) is 11.8 Å². The molecule has 0 amide bonds. The van der Waals surface area contributed by atoms with Crippen LogP contribution in [0, 0.1) is 11.8 Å². The number of benzene rings is 3. The predicted octanol–water partition coefficient (Wildman–Crippen LogP) is 5.50. The number of anilines is 2. The predicted molar refractivity (Wildman–Crippen MR) is 135 cm³/mol. The number of ether oxygens (including phenoxy) is 2.